The van der Waals surface area contributed by atoms with Gasteiger partial charge in [0.15, 0.2) is 5.69 Å². The lowest BCUT2D eigenvalue weighted by atomic mass is 9.90. The van der Waals surface area contributed by atoms with Crippen LogP contribution in [-0.2, 0) is 27.8 Å². The predicted molar refractivity (Wildman–Crippen MR) is 170 cm³/mol. The average molecular weight is 598 g/mol. The summed E-state index contributed by atoms with van der Waals surface area (Å²) >= 11 is 0. The van der Waals surface area contributed by atoms with E-state index in [1.165, 1.54) is 0 Å². The third-order valence-electron chi connectivity index (χ3n) is 7.18. The first-order chi connectivity index (χ1) is 20.6. The molecule has 222 valence electrons. The Kier molecular flexibility index (Phi) is 8.90. The van der Waals surface area contributed by atoms with E-state index < -0.39 is 10.0 Å². The molecule has 0 spiro atoms. The number of benzene rings is 4. The lowest BCUT2D eigenvalue weighted by molar-refractivity contribution is -0.120. The minimum Gasteiger partial charge on any atom is -0.493 e. The highest BCUT2D eigenvalue weighted by atomic mass is 32.2. The third-order valence-corrected chi connectivity index (χ3v) is 7.77. The van der Waals surface area contributed by atoms with Crippen molar-refractivity contribution in [3.63, 3.8) is 0 Å². The molecule has 0 atom stereocenters. The number of sulfonamides is 1. The quantitative estimate of drug-likeness (QED) is 0.172. The molecule has 4 aromatic rings. The molecule has 43 heavy (non-hydrogen) atoms. The molecule has 0 amide bonds. The summed E-state index contributed by atoms with van der Waals surface area (Å²) in [5.74, 6) is 2.14. The first-order valence-corrected chi connectivity index (χ1v) is 15.8. The molecule has 1 aliphatic rings. The Morgan fingerprint density at radius 1 is 0.907 bits per heavy atom. The van der Waals surface area contributed by atoms with E-state index in [-0.39, 0.29) is 5.41 Å². The molecule has 0 saturated carbocycles. The van der Waals surface area contributed by atoms with Gasteiger partial charge in [-0.25, -0.2) is 13.3 Å². The molecule has 1 heterocycles. The van der Waals surface area contributed by atoms with Gasteiger partial charge in [0.25, 0.3) is 0 Å². The van der Waals surface area contributed by atoms with E-state index in [0.29, 0.717) is 55.8 Å². The zero-order chi connectivity index (χ0) is 30.5. The molecule has 4 aromatic carbocycles. The maximum absolute atomic E-state index is 12.0. The second-order valence-electron chi connectivity index (χ2n) is 11.3. The second-order valence-corrected chi connectivity index (χ2v) is 13.0. The van der Waals surface area contributed by atoms with Crippen LogP contribution in [0.1, 0.15) is 23.6 Å². The van der Waals surface area contributed by atoms with E-state index in [4.69, 9.17) is 20.8 Å². The van der Waals surface area contributed by atoms with Gasteiger partial charge in [-0.3, -0.25) is 4.72 Å². The first-order valence-electron chi connectivity index (χ1n) is 14.0. The van der Waals surface area contributed by atoms with Gasteiger partial charge >= 0.3 is 0 Å². The number of ether oxygens (including phenoxy) is 3. The Balaban J connectivity index is 1.34. The number of nitrogens with one attached hydrogen (secondary N) is 1. The lowest BCUT2D eigenvalue weighted by Gasteiger charge is -2.37. The summed E-state index contributed by atoms with van der Waals surface area (Å²) in [6, 6.07) is 28.6. The average Bonchev–Trinajstić information content (AvgIpc) is 2.96. The summed E-state index contributed by atoms with van der Waals surface area (Å²) in [6.07, 6.45) is 1.14. The van der Waals surface area contributed by atoms with Crippen molar-refractivity contribution in [2.24, 2.45) is 5.41 Å². The molecule has 1 aliphatic heterocycles. The first kappa shape index (κ1) is 30.0. The molecule has 8 nitrogen and oxygen atoms in total. The monoisotopic (exact) mass is 597 g/mol. The van der Waals surface area contributed by atoms with E-state index in [2.05, 4.69) is 21.4 Å². The topological polar surface area (TPSA) is 81.5 Å². The molecule has 0 radical (unpaired) electrons. The SMILES string of the molecule is [C-]#[N+]c1cccc(CN(Cc2ccc(Oc3cccc(OCC4(C)COC4)c3)cc2)c2cccc(NS(C)(=O)=O)c2C)c1. The summed E-state index contributed by atoms with van der Waals surface area (Å²) in [5, 5.41) is 0. The fourth-order valence-corrected chi connectivity index (χ4v) is 5.51. The Morgan fingerprint density at radius 2 is 1.60 bits per heavy atom. The van der Waals surface area contributed by atoms with Crippen LogP contribution in [-0.4, -0.2) is 34.5 Å². The largest absolute Gasteiger partial charge is 0.493 e. The molecular formula is C34H35N3O5S. The van der Waals surface area contributed by atoms with Crippen molar-refractivity contribution < 1.29 is 22.6 Å². The summed E-state index contributed by atoms with van der Waals surface area (Å²) in [5.41, 5.74) is 4.90. The fraction of sp³-hybridized carbons (Fsp3) is 0.265. The van der Waals surface area contributed by atoms with Crippen LogP contribution in [0.15, 0.2) is 91.0 Å². The molecule has 1 saturated heterocycles. The van der Waals surface area contributed by atoms with Crippen molar-refractivity contribution in [3.8, 4) is 17.2 Å². The van der Waals surface area contributed by atoms with Crippen molar-refractivity contribution >= 4 is 27.1 Å². The van der Waals surface area contributed by atoms with Crippen molar-refractivity contribution in [2.45, 2.75) is 26.9 Å². The fourth-order valence-electron chi connectivity index (χ4n) is 4.89. The van der Waals surface area contributed by atoms with Gasteiger partial charge in [0, 0.05) is 30.3 Å². The standard InChI is InChI=1S/C34H35N3O5S/c1-25-32(36-43(4,38)39)12-7-13-33(25)37(21-27-8-5-9-28(18-27)35-3)20-26-14-16-29(17-15-26)42-31-11-6-10-30(19-31)41-24-34(2)22-40-23-34/h5-19,36H,20-24H2,1-2,4H3. The van der Waals surface area contributed by atoms with Gasteiger partial charge in [-0.15, -0.1) is 0 Å². The Labute approximate surface area is 253 Å². The molecule has 5 rings (SSSR count). The van der Waals surface area contributed by atoms with E-state index >= 15 is 0 Å². The summed E-state index contributed by atoms with van der Waals surface area (Å²) in [6.45, 7) is 14.6. The lowest BCUT2D eigenvalue weighted by Crippen LogP contribution is -2.44. The number of anilines is 2. The van der Waals surface area contributed by atoms with Crippen LogP contribution in [0.2, 0.25) is 0 Å². The van der Waals surface area contributed by atoms with Gasteiger partial charge < -0.3 is 19.1 Å². The minimum atomic E-state index is -3.44. The van der Waals surface area contributed by atoms with Gasteiger partial charge in [-0.2, -0.15) is 0 Å². The molecule has 0 bridgehead atoms. The number of nitrogens with zero attached hydrogens (tertiary/aromatic N) is 2. The molecule has 0 unspecified atom stereocenters. The predicted octanol–water partition coefficient (Wildman–Crippen LogP) is 7.33. The smallest absolute Gasteiger partial charge is 0.229 e. The van der Waals surface area contributed by atoms with Crippen molar-refractivity contribution in [1.29, 1.82) is 0 Å². The summed E-state index contributed by atoms with van der Waals surface area (Å²) in [4.78, 5) is 5.75. The molecule has 9 heteroatoms. The van der Waals surface area contributed by atoms with Crippen molar-refractivity contribution in [3.05, 3.63) is 119 Å². The van der Waals surface area contributed by atoms with E-state index in [1.807, 2.05) is 85.8 Å². The molecule has 0 aromatic heterocycles. The maximum atomic E-state index is 12.0. The Hall–Kier alpha value is -4.52. The third kappa shape index (κ3) is 8.07. The van der Waals surface area contributed by atoms with Crippen LogP contribution in [0, 0.1) is 18.9 Å². The van der Waals surface area contributed by atoms with Gasteiger partial charge in [0.2, 0.25) is 10.0 Å². The van der Waals surface area contributed by atoms with Crippen LogP contribution in [0.5, 0.6) is 17.2 Å². The van der Waals surface area contributed by atoms with E-state index in [0.717, 1.165) is 34.4 Å². The maximum Gasteiger partial charge on any atom is 0.229 e. The zero-order valence-electron chi connectivity index (χ0n) is 24.5. The molecular weight excluding hydrogens is 562 g/mol. The Bertz CT molecular complexity index is 1730. The van der Waals surface area contributed by atoms with E-state index in [1.54, 1.807) is 12.1 Å². The normalized spacial score (nSPS) is 13.8. The van der Waals surface area contributed by atoms with Gasteiger partial charge in [0.05, 0.1) is 38.3 Å². The number of hydrogen-bond acceptors (Lipinski definition) is 6. The Morgan fingerprint density at radius 3 is 2.30 bits per heavy atom. The minimum absolute atomic E-state index is 0.0599. The highest BCUT2D eigenvalue weighted by Gasteiger charge is 2.34. The molecule has 1 fully saturated rings. The van der Waals surface area contributed by atoms with Gasteiger partial charge in [-0.05, 0) is 60.0 Å². The molecule has 0 aliphatic carbocycles. The van der Waals surface area contributed by atoms with Gasteiger partial charge in [0.1, 0.15) is 17.2 Å². The highest BCUT2D eigenvalue weighted by molar-refractivity contribution is 7.92. The van der Waals surface area contributed by atoms with Crippen LogP contribution in [0.4, 0.5) is 17.1 Å². The van der Waals surface area contributed by atoms with Crippen molar-refractivity contribution in [2.75, 3.05) is 35.7 Å². The van der Waals surface area contributed by atoms with Crippen molar-refractivity contribution in [1.82, 2.24) is 0 Å². The van der Waals surface area contributed by atoms with Crippen LogP contribution < -0.4 is 19.1 Å². The number of rotatable bonds is 12. The second kappa shape index (κ2) is 12.8. The summed E-state index contributed by atoms with van der Waals surface area (Å²) in [7, 11) is -3.44. The van der Waals surface area contributed by atoms with E-state index in [9.17, 15) is 8.42 Å². The van der Waals surface area contributed by atoms with Gasteiger partial charge in [-0.1, -0.05) is 55.5 Å². The van der Waals surface area contributed by atoms with Crippen LogP contribution >= 0.6 is 0 Å². The van der Waals surface area contributed by atoms with Crippen LogP contribution in [0.3, 0.4) is 0 Å². The molecule has 1 N–H and O–H groups in total. The zero-order valence-corrected chi connectivity index (χ0v) is 25.4. The van der Waals surface area contributed by atoms with Crippen LogP contribution in [0.25, 0.3) is 4.85 Å². The number of hydrogen-bond donors (Lipinski definition) is 1. The highest BCUT2D eigenvalue weighted by Crippen LogP contribution is 2.32. The summed E-state index contributed by atoms with van der Waals surface area (Å²) < 4.78 is 44.0.